The Labute approximate surface area is 157 Å². The smallest absolute Gasteiger partial charge is 0.159 e. The zero-order valence-electron chi connectivity index (χ0n) is 15.9. The Kier molecular flexibility index (Phi) is 4.41. The van der Waals surface area contributed by atoms with Gasteiger partial charge in [0.25, 0.3) is 0 Å². The highest BCUT2D eigenvalue weighted by Gasteiger charge is 2.11. The maximum atomic E-state index is 5.44. The van der Waals surface area contributed by atoms with Crippen molar-refractivity contribution in [3.8, 4) is 22.9 Å². The van der Waals surface area contributed by atoms with Crippen LogP contribution in [0.4, 0.5) is 0 Å². The van der Waals surface area contributed by atoms with Gasteiger partial charge in [0.2, 0.25) is 0 Å². The number of H-pyrrole nitrogens is 1. The van der Waals surface area contributed by atoms with Gasteiger partial charge < -0.3 is 19.4 Å². The van der Waals surface area contributed by atoms with Crippen LogP contribution >= 0.6 is 0 Å². The first-order valence-electron chi connectivity index (χ1n) is 8.73. The zero-order chi connectivity index (χ0) is 19.0. The zero-order valence-corrected chi connectivity index (χ0v) is 15.9. The Hall–Kier alpha value is -3.12. The fourth-order valence-corrected chi connectivity index (χ4v) is 3.26. The number of hydrogen-bond acceptors (Lipinski definition) is 5. The van der Waals surface area contributed by atoms with E-state index < -0.39 is 0 Å². The second kappa shape index (κ2) is 6.89. The lowest BCUT2D eigenvalue weighted by Gasteiger charge is -2.09. The summed E-state index contributed by atoms with van der Waals surface area (Å²) in [6.07, 6.45) is 1.80. The highest BCUT2D eigenvalue weighted by molar-refractivity contribution is 5.89. The Morgan fingerprint density at radius 2 is 1.89 bits per heavy atom. The van der Waals surface area contributed by atoms with Crippen LogP contribution < -0.4 is 9.47 Å². The largest absolute Gasteiger partial charge is 0.497 e. The molecule has 0 amide bonds. The molecule has 0 fully saturated rings. The molecule has 0 aliphatic carbocycles. The van der Waals surface area contributed by atoms with Gasteiger partial charge in [-0.25, -0.2) is 9.97 Å². The summed E-state index contributed by atoms with van der Waals surface area (Å²) in [6, 6.07) is 12.1. The molecule has 0 unspecified atom stereocenters. The van der Waals surface area contributed by atoms with Crippen LogP contribution in [-0.4, -0.2) is 48.2 Å². The quantitative estimate of drug-likeness (QED) is 0.584. The fourth-order valence-electron chi connectivity index (χ4n) is 3.26. The highest BCUT2D eigenvalue weighted by Crippen LogP contribution is 2.31. The maximum absolute atomic E-state index is 5.44. The van der Waals surface area contributed by atoms with Crippen molar-refractivity contribution in [2.24, 2.45) is 0 Å². The monoisotopic (exact) mass is 362 g/mol. The van der Waals surface area contributed by atoms with Gasteiger partial charge in [0.05, 0.1) is 25.1 Å². The molecule has 0 atom stereocenters. The van der Waals surface area contributed by atoms with Gasteiger partial charge in [-0.15, -0.1) is 0 Å². The first-order valence-corrected chi connectivity index (χ1v) is 8.73. The molecular weight excluding hydrogens is 340 g/mol. The van der Waals surface area contributed by atoms with E-state index in [2.05, 4.69) is 47.2 Å². The van der Waals surface area contributed by atoms with Gasteiger partial charge in [-0.05, 0) is 38.4 Å². The van der Waals surface area contributed by atoms with Crippen molar-refractivity contribution >= 4 is 21.8 Å². The lowest BCUT2D eigenvalue weighted by molar-refractivity contribution is 0.397. The minimum atomic E-state index is 0.676. The normalized spacial score (nSPS) is 11.4. The molecule has 4 rings (SSSR count). The van der Waals surface area contributed by atoms with Gasteiger partial charge in [0.1, 0.15) is 11.5 Å². The second-order valence-electron chi connectivity index (χ2n) is 6.79. The van der Waals surface area contributed by atoms with Crippen molar-refractivity contribution < 1.29 is 9.47 Å². The Morgan fingerprint density at radius 3 is 2.63 bits per heavy atom. The number of ether oxygens (including phenoxy) is 2. The van der Waals surface area contributed by atoms with Gasteiger partial charge >= 0.3 is 0 Å². The van der Waals surface area contributed by atoms with Gasteiger partial charge in [0.15, 0.2) is 5.82 Å². The van der Waals surface area contributed by atoms with Crippen LogP contribution in [0.15, 0.2) is 42.6 Å². The van der Waals surface area contributed by atoms with E-state index in [1.54, 1.807) is 20.4 Å². The van der Waals surface area contributed by atoms with Crippen molar-refractivity contribution in [3.05, 3.63) is 48.3 Å². The van der Waals surface area contributed by atoms with Crippen LogP contribution in [-0.2, 0) is 6.54 Å². The lowest BCUT2D eigenvalue weighted by atomic mass is 10.1. The molecule has 0 spiro atoms. The minimum Gasteiger partial charge on any atom is -0.497 e. The molecular formula is C21H22N4O2. The average Bonchev–Trinajstić information content (AvgIpc) is 3.06. The number of fused-ring (bicyclic) bond motifs is 2. The summed E-state index contributed by atoms with van der Waals surface area (Å²) in [7, 11) is 7.38. The van der Waals surface area contributed by atoms with Gasteiger partial charge in [-0.3, -0.25) is 0 Å². The molecule has 6 heteroatoms. The molecule has 1 N–H and O–H groups in total. The Bertz CT molecular complexity index is 1120. The summed E-state index contributed by atoms with van der Waals surface area (Å²) in [5, 5.41) is 2.01. The molecule has 0 bridgehead atoms. The number of methoxy groups -OCH3 is 2. The maximum Gasteiger partial charge on any atom is 0.159 e. The number of aromatic amines is 1. The third-order valence-electron chi connectivity index (χ3n) is 4.51. The van der Waals surface area contributed by atoms with Crippen LogP contribution in [0.25, 0.3) is 33.2 Å². The summed E-state index contributed by atoms with van der Waals surface area (Å²) in [6.45, 7) is 0.871. The summed E-state index contributed by atoms with van der Waals surface area (Å²) in [5.74, 6) is 2.08. The van der Waals surface area contributed by atoms with Crippen LogP contribution in [0.2, 0.25) is 0 Å². The third-order valence-corrected chi connectivity index (χ3v) is 4.51. The summed E-state index contributed by atoms with van der Waals surface area (Å²) in [5.41, 5.74) is 4.06. The van der Waals surface area contributed by atoms with E-state index >= 15 is 0 Å². The Balaban J connectivity index is 1.78. The number of aromatic nitrogens is 3. The predicted molar refractivity (Wildman–Crippen MR) is 107 cm³/mol. The summed E-state index contributed by atoms with van der Waals surface area (Å²) in [4.78, 5) is 14.9. The molecule has 4 aromatic rings. The van der Waals surface area contributed by atoms with E-state index in [0.29, 0.717) is 17.3 Å². The van der Waals surface area contributed by atoms with Crippen molar-refractivity contribution in [2.75, 3.05) is 28.3 Å². The van der Waals surface area contributed by atoms with E-state index in [0.717, 1.165) is 33.9 Å². The first kappa shape index (κ1) is 17.3. The standard InChI is InChI=1S/C21H22N4O2/c1-25(2)12-15-8-14-7-13(5-6-18(14)23-15)21-22-11-17-19(24-21)9-16(26-3)10-20(17)27-4/h5-11,23H,12H2,1-4H3. The number of benzene rings is 2. The topological polar surface area (TPSA) is 63.3 Å². The molecule has 0 aliphatic rings. The molecule has 0 saturated carbocycles. The number of nitrogens with one attached hydrogen (secondary N) is 1. The van der Waals surface area contributed by atoms with Gasteiger partial charge in [0, 0.05) is 47.0 Å². The van der Waals surface area contributed by atoms with E-state index in [1.807, 2.05) is 18.2 Å². The van der Waals surface area contributed by atoms with Crippen LogP contribution in [0.3, 0.4) is 0 Å². The van der Waals surface area contributed by atoms with Gasteiger partial charge in [-0.2, -0.15) is 0 Å². The third kappa shape index (κ3) is 3.31. The van der Waals surface area contributed by atoms with Crippen LogP contribution in [0, 0.1) is 0 Å². The summed E-state index contributed by atoms with van der Waals surface area (Å²) >= 11 is 0. The van der Waals surface area contributed by atoms with Crippen LogP contribution in [0.5, 0.6) is 11.5 Å². The molecule has 0 saturated heterocycles. The number of rotatable bonds is 5. The first-order chi connectivity index (χ1) is 13.1. The molecule has 27 heavy (non-hydrogen) atoms. The Morgan fingerprint density at radius 1 is 1.04 bits per heavy atom. The molecule has 6 nitrogen and oxygen atoms in total. The number of hydrogen-bond donors (Lipinski definition) is 1. The molecule has 2 aromatic carbocycles. The van der Waals surface area contributed by atoms with Crippen LogP contribution in [0.1, 0.15) is 5.69 Å². The van der Waals surface area contributed by atoms with Gasteiger partial charge in [-0.1, -0.05) is 0 Å². The van der Waals surface area contributed by atoms with Crippen molar-refractivity contribution in [3.63, 3.8) is 0 Å². The van der Waals surface area contributed by atoms with E-state index in [1.165, 1.54) is 5.69 Å². The number of nitrogens with zero attached hydrogens (tertiary/aromatic N) is 3. The lowest BCUT2D eigenvalue weighted by Crippen LogP contribution is -2.10. The SMILES string of the molecule is COc1cc(OC)c2cnc(-c3ccc4[nH]c(CN(C)C)cc4c3)nc2c1. The van der Waals surface area contributed by atoms with Crippen molar-refractivity contribution in [1.82, 2.24) is 19.9 Å². The molecule has 2 heterocycles. The van der Waals surface area contributed by atoms with E-state index in [4.69, 9.17) is 14.5 Å². The molecule has 0 radical (unpaired) electrons. The van der Waals surface area contributed by atoms with E-state index in [9.17, 15) is 0 Å². The molecule has 0 aliphatic heterocycles. The molecule has 138 valence electrons. The molecule has 2 aromatic heterocycles. The highest BCUT2D eigenvalue weighted by atomic mass is 16.5. The average molecular weight is 362 g/mol. The second-order valence-corrected chi connectivity index (χ2v) is 6.79. The van der Waals surface area contributed by atoms with Crippen molar-refractivity contribution in [1.29, 1.82) is 0 Å². The van der Waals surface area contributed by atoms with E-state index in [-0.39, 0.29) is 0 Å². The minimum absolute atomic E-state index is 0.676. The fraction of sp³-hybridized carbons (Fsp3) is 0.238. The predicted octanol–water partition coefficient (Wildman–Crippen LogP) is 3.86. The van der Waals surface area contributed by atoms with Crippen molar-refractivity contribution in [2.45, 2.75) is 6.54 Å². The summed E-state index contributed by atoms with van der Waals surface area (Å²) < 4.78 is 10.8.